The Morgan fingerprint density at radius 1 is 1.26 bits per heavy atom. The molecule has 1 aromatic heterocycles. The second kappa shape index (κ2) is 12.1. The van der Waals surface area contributed by atoms with E-state index in [-0.39, 0.29) is 17.8 Å². The van der Waals surface area contributed by atoms with Crippen molar-refractivity contribution in [1.29, 1.82) is 0 Å². The van der Waals surface area contributed by atoms with Crippen molar-refractivity contribution in [1.82, 2.24) is 9.88 Å². The lowest BCUT2D eigenvalue weighted by Gasteiger charge is -2.36. The van der Waals surface area contributed by atoms with Crippen molar-refractivity contribution in [3.8, 4) is 0 Å². The number of nitrogens with zero attached hydrogens (tertiary/aromatic N) is 2. The topological polar surface area (TPSA) is 91.8 Å². The van der Waals surface area contributed by atoms with E-state index >= 15 is 0 Å². The first-order valence-electron chi connectivity index (χ1n) is 10.5. The van der Waals surface area contributed by atoms with E-state index in [1.54, 1.807) is 6.20 Å². The number of rotatable bonds is 10. The molecule has 0 radical (unpaired) electrons. The van der Waals surface area contributed by atoms with Crippen LogP contribution in [0.15, 0.2) is 40.7 Å². The number of carbonyl (C=O) groups is 2. The number of benzene rings is 1. The van der Waals surface area contributed by atoms with Crippen LogP contribution >= 0.6 is 23.1 Å². The van der Waals surface area contributed by atoms with E-state index in [0.29, 0.717) is 30.8 Å². The molecule has 2 amide bonds. The summed E-state index contributed by atoms with van der Waals surface area (Å²) in [7, 11) is 0. The largest absolute Gasteiger partial charge is 0.481 e. The maximum absolute atomic E-state index is 13.1. The molecule has 0 aliphatic heterocycles. The van der Waals surface area contributed by atoms with Gasteiger partial charge in [-0.3, -0.25) is 10.1 Å². The van der Waals surface area contributed by atoms with Gasteiger partial charge >= 0.3 is 12.0 Å². The summed E-state index contributed by atoms with van der Waals surface area (Å²) < 4.78 is 6.59. The van der Waals surface area contributed by atoms with Gasteiger partial charge in [-0.1, -0.05) is 48.6 Å². The summed E-state index contributed by atoms with van der Waals surface area (Å²) >= 11 is 2.49. The number of carbonyl (C=O) groups excluding carboxylic acids is 1. The quantitative estimate of drug-likeness (QED) is 0.383. The van der Waals surface area contributed by atoms with E-state index in [2.05, 4.69) is 17.2 Å². The van der Waals surface area contributed by atoms with Crippen LogP contribution in [-0.4, -0.2) is 51.9 Å². The van der Waals surface area contributed by atoms with Gasteiger partial charge in [-0.15, -0.1) is 11.8 Å². The minimum absolute atomic E-state index is 0.0271. The number of hydrogen-bond donors (Lipinski definition) is 2. The molecule has 0 atom stereocenters. The number of thioether (sulfide) groups is 1. The zero-order valence-corrected chi connectivity index (χ0v) is 19.3. The standard InChI is InChI=1S/C22H29N3O4S2/c1-16-7-9-18(10-8-16)25(11-12-29-14-17-5-3-2-4-6-17)22(28)24-21-23-13-20(31-21)30-15-19(26)27/h2-6,13,16,18H,7-12,14-15H2,1H3,(H,26,27)(H,23,24,28)/t16-,18-. The van der Waals surface area contributed by atoms with Gasteiger partial charge in [0, 0.05) is 12.6 Å². The fraction of sp³-hybridized carbons (Fsp3) is 0.500. The highest BCUT2D eigenvalue weighted by Gasteiger charge is 2.28. The van der Waals surface area contributed by atoms with Crippen molar-refractivity contribution in [3.05, 3.63) is 42.1 Å². The number of urea groups is 1. The van der Waals surface area contributed by atoms with E-state index in [1.807, 2.05) is 35.2 Å². The second-order valence-electron chi connectivity index (χ2n) is 7.74. The van der Waals surface area contributed by atoms with Crippen molar-refractivity contribution in [2.45, 2.75) is 49.5 Å². The number of carboxylic acids is 1. The fourth-order valence-electron chi connectivity index (χ4n) is 3.61. The minimum atomic E-state index is -0.878. The first-order valence-corrected chi connectivity index (χ1v) is 12.3. The normalized spacial score (nSPS) is 18.5. The third kappa shape index (κ3) is 7.83. The first kappa shape index (κ1) is 23.6. The van der Waals surface area contributed by atoms with Crippen molar-refractivity contribution in [2.24, 2.45) is 5.92 Å². The monoisotopic (exact) mass is 463 g/mol. The highest BCUT2D eigenvalue weighted by molar-refractivity contribution is 8.01. The number of aromatic nitrogens is 1. The number of carboxylic acid groups (broad SMARTS) is 1. The number of hydrogen-bond acceptors (Lipinski definition) is 6. The molecule has 9 heteroatoms. The minimum Gasteiger partial charge on any atom is -0.481 e. The number of amides is 2. The lowest BCUT2D eigenvalue weighted by Crippen LogP contribution is -2.46. The van der Waals surface area contributed by atoms with Crippen LogP contribution in [0.1, 0.15) is 38.2 Å². The van der Waals surface area contributed by atoms with E-state index in [4.69, 9.17) is 9.84 Å². The summed E-state index contributed by atoms with van der Waals surface area (Å²) in [5.41, 5.74) is 1.11. The van der Waals surface area contributed by atoms with Crippen LogP contribution in [0.3, 0.4) is 0 Å². The lowest BCUT2D eigenvalue weighted by molar-refractivity contribution is -0.133. The summed E-state index contributed by atoms with van der Waals surface area (Å²) in [6.07, 6.45) is 5.82. The molecule has 31 heavy (non-hydrogen) atoms. The average molecular weight is 464 g/mol. The van der Waals surface area contributed by atoms with Crippen LogP contribution in [0.4, 0.5) is 9.93 Å². The van der Waals surface area contributed by atoms with Gasteiger partial charge in [0.2, 0.25) is 0 Å². The first-order chi connectivity index (χ1) is 15.0. The molecule has 2 aromatic rings. The van der Waals surface area contributed by atoms with Gasteiger partial charge in [-0.25, -0.2) is 9.78 Å². The predicted octanol–water partition coefficient (Wildman–Crippen LogP) is 4.95. The molecular weight excluding hydrogens is 434 g/mol. The maximum Gasteiger partial charge on any atom is 0.323 e. The van der Waals surface area contributed by atoms with Gasteiger partial charge in [0.05, 0.1) is 29.4 Å². The van der Waals surface area contributed by atoms with Gasteiger partial charge in [0.25, 0.3) is 0 Å². The lowest BCUT2D eigenvalue weighted by atomic mass is 9.86. The van der Waals surface area contributed by atoms with Crippen LogP contribution < -0.4 is 5.32 Å². The molecule has 2 N–H and O–H groups in total. The summed E-state index contributed by atoms with van der Waals surface area (Å²) in [6, 6.07) is 10.0. The van der Waals surface area contributed by atoms with Crippen LogP contribution in [0.2, 0.25) is 0 Å². The van der Waals surface area contributed by atoms with Crippen LogP contribution in [-0.2, 0) is 16.1 Å². The molecule has 1 heterocycles. The maximum atomic E-state index is 13.1. The predicted molar refractivity (Wildman–Crippen MR) is 124 cm³/mol. The zero-order chi connectivity index (χ0) is 22.1. The SMILES string of the molecule is C[C@H]1CC[C@H](N(CCOCc2ccccc2)C(=O)Nc2ncc(SCC(=O)O)s2)CC1. The Bertz CT molecular complexity index is 838. The highest BCUT2D eigenvalue weighted by atomic mass is 32.2. The average Bonchev–Trinajstić information content (AvgIpc) is 3.21. The van der Waals surface area contributed by atoms with Crippen molar-refractivity contribution < 1.29 is 19.4 Å². The molecule has 0 unspecified atom stereocenters. The number of aliphatic carboxylic acids is 1. The number of nitrogens with one attached hydrogen (secondary N) is 1. The Kier molecular flexibility index (Phi) is 9.17. The van der Waals surface area contributed by atoms with Gasteiger partial charge in [-0.2, -0.15) is 0 Å². The van der Waals surface area contributed by atoms with Gasteiger partial charge < -0.3 is 14.7 Å². The summed E-state index contributed by atoms with van der Waals surface area (Å²) in [6.45, 7) is 3.76. The van der Waals surface area contributed by atoms with Crippen molar-refractivity contribution in [3.63, 3.8) is 0 Å². The number of anilines is 1. The second-order valence-corrected chi connectivity index (χ2v) is 10.0. The van der Waals surface area contributed by atoms with E-state index in [9.17, 15) is 9.59 Å². The zero-order valence-electron chi connectivity index (χ0n) is 17.7. The van der Waals surface area contributed by atoms with Crippen molar-refractivity contribution in [2.75, 3.05) is 24.2 Å². The highest BCUT2D eigenvalue weighted by Crippen LogP contribution is 2.30. The Morgan fingerprint density at radius 3 is 2.71 bits per heavy atom. The molecule has 7 nitrogen and oxygen atoms in total. The van der Waals surface area contributed by atoms with E-state index in [1.165, 1.54) is 23.1 Å². The molecule has 0 saturated heterocycles. The third-order valence-corrected chi connectivity index (χ3v) is 7.40. The summed E-state index contributed by atoms with van der Waals surface area (Å²) in [5, 5.41) is 12.2. The Hall–Kier alpha value is -2.10. The molecular formula is C22H29N3O4S2. The van der Waals surface area contributed by atoms with Crippen LogP contribution in [0.5, 0.6) is 0 Å². The van der Waals surface area contributed by atoms with Gasteiger partial charge in [-0.05, 0) is 37.2 Å². The smallest absolute Gasteiger partial charge is 0.323 e. The molecule has 1 saturated carbocycles. The summed E-state index contributed by atoms with van der Waals surface area (Å²) in [4.78, 5) is 29.9. The van der Waals surface area contributed by atoms with Crippen molar-refractivity contribution >= 4 is 40.2 Å². The van der Waals surface area contributed by atoms with Crippen LogP contribution in [0, 0.1) is 5.92 Å². The number of thiazole rings is 1. The summed E-state index contributed by atoms with van der Waals surface area (Å²) in [5.74, 6) is -0.207. The molecule has 3 rings (SSSR count). The van der Waals surface area contributed by atoms with E-state index < -0.39 is 5.97 Å². The molecule has 168 valence electrons. The molecule has 1 aromatic carbocycles. The van der Waals surface area contributed by atoms with Crippen LogP contribution in [0.25, 0.3) is 0 Å². The molecule has 0 spiro atoms. The van der Waals surface area contributed by atoms with Gasteiger partial charge in [0.15, 0.2) is 5.13 Å². The number of ether oxygens (including phenoxy) is 1. The molecule has 1 aliphatic carbocycles. The fourth-order valence-corrected chi connectivity index (χ4v) is 5.19. The Labute approximate surface area is 191 Å². The third-order valence-electron chi connectivity index (χ3n) is 5.31. The Balaban J connectivity index is 1.56. The Morgan fingerprint density at radius 2 is 2.00 bits per heavy atom. The molecule has 1 fully saturated rings. The van der Waals surface area contributed by atoms with Gasteiger partial charge in [0.1, 0.15) is 0 Å². The van der Waals surface area contributed by atoms with E-state index in [0.717, 1.165) is 35.5 Å². The molecule has 0 bridgehead atoms. The molecule has 1 aliphatic rings.